The van der Waals surface area contributed by atoms with Gasteiger partial charge in [0.15, 0.2) is 12.4 Å². The Morgan fingerprint density at radius 2 is 1.79 bits per heavy atom. The molecule has 0 atom stereocenters. The first-order valence-electron chi connectivity index (χ1n) is 6.69. The molecule has 0 radical (unpaired) electrons. The number of nitrogens with one attached hydrogen (secondary N) is 2. The molecule has 0 aliphatic carbocycles. The van der Waals surface area contributed by atoms with E-state index in [2.05, 4.69) is 5.32 Å². The maximum absolute atomic E-state index is 13.4. The van der Waals surface area contributed by atoms with Crippen molar-refractivity contribution in [1.29, 1.82) is 0 Å². The standard InChI is InChI=1S/C15H12FN3O5/c16-10-5-1-2-6-11(10)17-15(21)18-14(20)9-24-13-8-4-3-7-12(13)19(22)23/h1-8H,9H2,(H2,17,18,20,21). The van der Waals surface area contributed by atoms with Crippen molar-refractivity contribution in [3.63, 3.8) is 0 Å². The molecule has 124 valence electrons. The first kappa shape index (κ1) is 16.9. The number of hydrogen-bond donors (Lipinski definition) is 2. The minimum Gasteiger partial charge on any atom is -0.477 e. The molecule has 0 bridgehead atoms. The highest BCUT2D eigenvalue weighted by Crippen LogP contribution is 2.25. The smallest absolute Gasteiger partial charge is 0.326 e. The van der Waals surface area contributed by atoms with E-state index < -0.39 is 29.3 Å². The molecule has 0 saturated heterocycles. The highest BCUT2D eigenvalue weighted by atomic mass is 19.1. The van der Waals surface area contributed by atoms with Gasteiger partial charge in [-0.2, -0.15) is 0 Å². The fraction of sp³-hybridized carbons (Fsp3) is 0.0667. The molecule has 0 aliphatic rings. The van der Waals surface area contributed by atoms with Gasteiger partial charge in [-0.15, -0.1) is 0 Å². The number of rotatable bonds is 5. The Kier molecular flexibility index (Phi) is 5.40. The van der Waals surface area contributed by atoms with Crippen LogP contribution in [-0.2, 0) is 4.79 Å². The lowest BCUT2D eigenvalue weighted by molar-refractivity contribution is -0.385. The van der Waals surface area contributed by atoms with E-state index in [9.17, 15) is 24.1 Å². The van der Waals surface area contributed by atoms with Crippen molar-refractivity contribution in [2.75, 3.05) is 11.9 Å². The van der Waals surface area contributed by atoms with Crippen LogP contribution in [0.1, 0.15) is 0 Å². The number of nitrogens with zero attached hydrogens (tertiary/aromatic N) is 1. The van der Waals surface area contributed by atoms with Crippen LogP contribution < -0.4 is 15.4 Å². The molecule has 24 heavy (non-hydrogen) atoms. The van der Waals surface area contributed by atoms with Crippen LogP contribution in [0, 0.1) is 15.9 Å². The monoisotopic (exact) mass is 333 g/mol. The van der Waals surface area contributed by atoms with Gasteiger partial charge in [-0.3, -0.25) is 20.2 Å². The summed E-state index contributed by atoms with van der Waals surface area (Å²) in [6, 6.07) is 9.98. The van der Waals surface area contributed by atoms with Crippen molar-refractivity contribution in [3.05, 3.63) is 64.5 Å². The molecule has 2 aromatic carbocycles. The van der Waals surface area contributed by atoms with Crippen molar-refractivity contribution in [3.8, 4) is 5.75 Å². The summed E-state index contributed by atoms with van der Waals surface area (Å²) in [4.78, 5) is 33.4. The van der Waals surface area contributed by atoms with Gasteiger partial charge in [0.1, 0.15) is 5.82 Å². The zero-order valence-corrected chi connectivity index (χ0v) is 12.2. The molecule has 2 aromatic rings. The van der Waals surface area contributed by atoms with E-state index >= 15 is 0 Å². The molecule has 0 aliphatic heterocycles. The van der Waals surface area contributed by atoms with Crippen LogP contribution in [0.4, 0.5) is 20.6 Å². The number of amides is 3. The molecule has 0 unspecified atom stereocenters. The van der Waals surface area contributed by atoms with Gasteiger partial charge in [0.2, 0.25) is 0 Å². The number of para-hydroxylation sites is 3. The van der Waals surface area contributed by atoms with Crippen molar-refractivity contribution in [1.82, 2.24) is 5.32 Å². The minimum absolute atomic E-state index is 0.0950. The second kappa shape index (κ2) is 7.68. The van der Waals surface area contributed by atoms with Gasteiger partial charge >= 0.3 is 11.7 Å². The van der Waals surface area contributed by atoms with Gasteiger partial charge in [-0.25, -0.2) is 9.18 Å². The number of imide groups is 1. The molecule has 0 aromatic heterocycles. The summed E-state index contributed by atoms with van der Waals surface area (Å²) in [5.74, 6) is -1.61. The van der Waals surface area contributed by atoms with Gasteiger partial charge in [-0.05, 0) is 18.2 Å². The van der Waals surface area contributed by atoms with E-state index in [1.54, 1.807) is 0 Å². The lowest BCUT2D eigenvalue weighted by atomic mass is 10.3. The Bertz CT molecular complexity index is 781. The molecule has 0 heterocycles. The van der Waals surface area contributed by atoms with Gasteiger partial charge < -0.3 is 10.1 Å². The minimum atomic E-state index is -0.948. The summed E-state index contributed by atoms with van der Waals surface area (Å²) in [6.45, 7) is -0.616. The number of benzene rings is 2. The molecule has 0 spiro atoms. The predicted molar refractivity (Wildman–Crippen MR) is 82.2 cm³/mol. The molecule has 2 N–H and O–H groups in total. The first-order chi connectivity index (χ1) is 11.5. The number of carbonyl (C=O) groups excluding carboxylic acids is 2. The summed E-state index contributed by atoms with van der Waals surface area (Å²) in [6.07, 6.45) is 0. The maximum Gasteiger partial charge on any atom is 0.326 e. The van der Waals surface area contributed by atoms with Crippen molar-refractivity contribution in [2.45, 2.75) is 0 Å². The number of nitro benzene ring substituents is 1. The first-order valence-corrected chi connectivity index (χ1v) is 6.69. The highest BCUT2D eigenvalue weighted by molar-refractivity contribution is 6.01. The Morgan fingerprint density at radius 3 is 2.50 bits per heavy atom. The fourth-order valence-electron chi connectivity index (χ4n) is 1.75. The van der Waals surface area contributed by atoms with Crippen LogP contribution in [-0.4, -0.2) is 23.5 Å². The van der Waals surface area contributed by atoms with Crippen molar-refractivity contribution in [2.24, 2.45) is 0 Å². The highest BCUT2D eigenvalue weighted by Gasteiger charge is 2.16. The molecular weight excluding hydrogens is 321 g/mol. The SMILES string of the molecule is O=C(COc1ccccc1[N+](=O)[O-])NC(=O)Nc1ccccc1F. The Hall–Kier alpha value is -3.49. The summed E-state index contributed by atoms with van der Waals surface area (Å²) in [7, 11) is 0. The van der Waals surface area contributed by atoms with Crippen LogP contribution in [0.25, 0.3) is 0 Å². The Balaban J connectivity index is 1.89. The topological polar surface area (TPSA) is 111 Å². The van der Waals surface area contributed by atoms with E-state index in [1.165, 1.54) is 42.5 Å². The van der Waals surface area contributed by atoms with Gasteiger partial charge in [0.05, 0.1) is 10.6 Å². The quantitative estimate of drug-likeness (QED) is 0.645. The second-order valence-corrected chi connectivity index (χ2v) is 4.50. The molecule has 2 rings (SSSR count). The molecule has 3 amide bonds. The summed E-state index contributed by atoms with van der Waals surface area (Å²) >= 11 is 0. The van der Waals surface area contributed by atoms with Crippen molar-refractivity contribution >= 4 is 23.3 Å². The summed E-state index contributed by atoms with van der Waals surface area (Å²) in [5, 5.41) is 14.9. The Morgan fingerprint density at radius 1 is 1.12 bits per heavy atom. The third kappa shape index (κ3) is 4.50. The molecular formula is C15H12FN3O5. The largest absolute Gasteiger partial charge is 0.477 e. The number of nitro groups is 1. The maximum atomic E-state index is 13.4. The zero-order chi connectivity index (χ0) is 17.5. The summed E-state index contributed by atoms with van der Waals surface area (Å²) in [5.41, 5.74) is -0.400. The average Bonchev–Trinajstić information content (AvgIpc) is 2.55. The summed E-state index contributed by atoms with van der Waals surface area (Å²) < 4.78 is 18.4. The number of anilines is 1. The third-order valence-electron chi connectivity index (χ3n) is 2.80. The van der Waals surface area contributed by atoms with Gasteiger partial charge in [0, 0.05) is 6.07 Å². The number of carbonyl (C=O) groups is 2. The zero-order valence-electron chi connectivity index (χ0n) is 12.2. The third-order valence-corrected chi connectivity index (χ3v) is 2.80. The van der Waals surface area contributed by atoms with E-state index in [1.807, 2.05) is 5.32 Å². The molecule has 0 saturated carbocycles. The molecule has 9 heteroatoms. The average molecular weight is 333 g/mol. The lowest BCUT2D eigenvalue weighted by Gasteiger charge is -2.08. The van der Waals surface area contributed by atoms with E-state index in [0.29, 0.717) is 0 Å². The van der Waals surface area contributed by atoms with Gasteiger partial charge in [-0.1, -0.05) is 24.3 Å². The number of ether oxygens (including phenoxy) is 1. The Labute approximate surface area is 135 Å². The number of halogens is 1. The fourth-order valence-corrected chi connectivity index (χ4v) is 1.75. The normalized spacial score (nSPS) is 9.88. The van der Waals surface area contributed by atoms with E-state index in [-0.39, 0.29) is 17.1 Å². The van der Waals surface area contributed by atoms with Gasteiger partial charge in [0.25, 0.3) is 5.91 Å². The molecule has 0 fully saturated rings. The van der Waals surface area contributed by atoms with Crippen LogP contribution in [0.5, 0.6) is 5.75 Å². The van der Waals surface area contributed by atoms with Crippen LogP contribution in [0.2, 0.25) is 0 Å². The van der Waals surface area contributed by atoms with Crippen LogP contribution in [0.15, 0.2) is 48.5 Å². The van der Waals surface area contributed by atoms with E-state index in [4.69, 9.17) is 4.74 Å². The second-order valence-electron chi connectivity index (χ2n) is 4.50. The van der Waals surface area contributed by atoms with Crippen LogP contribution >= 0.6 is 0 Å². The lowest BCUT2D eigenvalue weighted by Crippen LogP contribution is -2.37. The predicted octanol–water partition coefficient (Wildman–Crippen LogP) is 2.46. The van der Waals surface area contributed by atoms with Crippen molar-refractivity contribution < 1.29 is 23.6 Å². The number of urea groups is 1. The van der Waals surface area contributed by atoms with Crippen LogP contribution in [0.3, 0.4) is 0 Å². The van der Waals surface area contributed by atoms with E-state index in [0.717, 1.165) is 6.07 Å². The molecule has 8 nitrogen and oxygen atoms in total. The number of hydrogen-bond acceptors (Lipinski definition) is 5.